The lowest BCUT2D eigenvalue weighted by atomic mass is 10.2. The van der Waals surface area contributed by atoms with Crippen LogP contribution in [0.1, 0.15) is 18.4 Å². The summed E-state index contributed by atoms with van der Waals surface area (Å²) < 4.78 is 7.05. The van der Waals surface area contributed by atoms with Crippen LogP contribution in [0.2, 0.25) is 0 Å². The molecule has 2 fully saturated rings. The van der Waals surface area contributed by atoms with E-state index in [0.29, 0.717) is 0 Å². The first kappa shape index (κ1) is 13.4. The molecule has 2 aliphatic rings. The van der Waals surface area contributed by atoms with Crippen molar-refractivity contribution < 1.29 is 4.74 Å². The first-order valence-electron chi connectivity index (χ1n) is 7.16. The van der Waals surface area contributed by atoms with Gasteiger partial charge in [-0.1, -0.05) is 12.1 Å². The third-order valence-corrected chi connectivity index (χ3v) is 4.72. The third kappa shape index (κ3) is 3.71. The number of benzene rings is 1. The molecule has 1 N–H and O–H groups in total. The Morgan fingerprint density at radius 2 is 2.05 bits per heavy atom. The summed E-state index contributed by atoms with van der Waals surface area (Å²) in [5, 5.41) is 3.39. The summed E-state index contributed by atoms with van der Waals surface area (Å²) in [5.74, 6) is 1.79. The number of nitrogens with zero attached hydrogens (tertiary/aromatic N) is 1. The SMILES string of the molecule is Brc1c(CN2CCNCC2)cccc1OCC1CC1. The minimum Gasteiger partial charge on any atom is -0.492 e. The Hall–Kier alpha value is -0.580. The number of nitrogens with one attached hydrogen (secondary N) is 1. The molecule has 0 bridgehead atoms. The van der Waals surface area contributed by atoms with Crippen LogP contribution >= 0.6 is 15.9 Å². The standard InChI is InChI=1S/C15H21BrN2O/c16-15-13(10-18-8-6-17-7-9-18)2-1-3-14(15)19-11-12-4-5-12/h1-3,12,17H,4-11H2. The van der Waals surface area contributed by atoms with Gasteiger partial charge in [0.2, 0.25) is 0 Å². The average Bonchev–Trinajstić information content (AvgIpc) is 3.25. The average molecular weight is 325 g/mol. The molecule has 1 aliphatic carbocycles. The minimum atomic E-state index is 0.795. The Balaban J connectivity index is 1.64. The van der Waals surface area contributed by atoms with Crippen LogP contribution < -0.4 is 10.1 Å². The van der Waals surface area contributed by atoms with E-state index in [1.165, 1.54) is 18.4 Å². The quantitative estimate of drug-likeness (QED) is 0.901. The van der Waals surface area contributed by atoms with Gasteiger partial charge in [-0.2, -0.15) is 0 Å². The van der Waals surface area contributed by atoms with E-state index in [4.69, 9.17) is 4.74 Å². The molecule has 0 unspecified atom stereocenters. The molecule has 0 spiro atoms. The van der Waals surface area contributed by atoms with Gasteiger partial charge in [-0.15, -0.1) is 0 Å². The first-order valence-corrected chi connectivity index (χ1v) is 7.95. The predicted molar refractivity (Wildman–Crippen MR) is 80.5 cm³/mol. The highest BCUT2D eigenvalue weighted by molar-refractivity contribution is 9.10. The maximum atomic E-state index is 5.91. The molecule has 1 aromatic carbocycles. The van der Waals surface area contributed by atoms with Crippen molar-refractivity contribution in [2.75, 3.05) is 32.8 Å². The summed E-state index contributed by atoms with van der Waals surface area (Å²) in [7, 11) is 0. The van der Waals surface area contributed by atoms with Crippen molar-refractivity contribution in [2.24, 2.45) is 5.92 Å². The topological polar surface area (TPSA) is 24.5 Å². The molecule has 1 aromatic rings. The number of ether oxygens (including phenoxy) is 1. The largest absolute Gasteiger partial charge is 0.492 e. The Labute approximate surface area is 123 Å². The van der Waals surface area contributed by atoms with Crippen molar-refractivity contribution in [3.8, 4) is 5.75 Å². The summed E-state index contributed by atoms with van der Waals surface area (Å²) in [5.41, 5.74) is 1.33. The molecule has 104 valence electrons. The normalized spacial score (nSPS) is 20.5. The van der Waals surface area contributed by atoms with Crippen molar-refractivity contribution in [1.82, 2.24) is 10.2 Å². The number of halogens is 1. The Kier molecular flexibility index (Phi) is 4.41. The van der Waals surface area contributed by atoms with E-state index in [0.717, 1.165) is 55.5 Å². The molecule has 3 nitrogen and oxygen atoms in total. The van der Waals surface area contributed by atoms with E-state index in [1.807, 2.05) is 0 Å². The maximum absolute atomic E-state index is 5.91. The van der Waals surface area contributed by atoms with E-state index in [9.17, 15) is 0 Å². The van der Waals surface area contributed by atoms with Gasteiger partial charge in [-0.05, 0) is 46.3 Å². The second kappa shape index (κ2) is 6.25. The van der Waals surface area contributed by atoms with Gasteiger partial charge in [-0.3, -0.25) is 4.90 Å². The maximum Gasteiger partial charge on any atom is 0.133 e. The Morgan fingerprint density at radius 1 is 1.26 bits per heavy atom. The zero-order valence-electron chi connectivity index (χ0n) is 11.2. The smallest absolute Gasteiger partial charge is 0.133 e. The van der Waals surface area contributed by atoms with Crippen LogP contribution in [0.3, 0.4) is 0 Å². The molecular formula is C15H21BrN2O. The lowest BCUT2D eigenvalue weighted by Gasteiger charge is -2.27. The van der Waals surface area contributed by atoms with Crippen LogP contribution in [-0.2, 0) is 6.54 Å². The van der Waals surface area contributed by atoms with Gasteiger partial charge in [0.05, 0.1) is 11.1 Å². The van der Waals surface area contributed by atoms with E-state index in [1.54, 1.807) is 0 Å². The predicted octanol–water partition coefficient (Wildman–Crippen LogP) is 2.64. The molecule has 1 saturated carbocycles. The molecule has 0 radical (unpaired) electrons. The molecule has 1 aliphatic heterocycles. The van der Waals surface area contributed by atoms with Gasteiger partial charge < -0.3 is 10.1 Å². The summed E-state index contributed by atoms with van der Waals surface area (Å²) in [6.07, 6.45) is 2.66. The van der Waals surface area contributed by atoms with Crippen LogP contribution in [0, 0.1) is 5.92 Å². The molecule has 3 rings (SSSR count). The molecule has 0 aromatic heterocycles. The fourth-order valence-corrected chi connectivity index (χ4v) is 2.90. The van der Waals surface area contributed by atoms with Gasteiger partial charge in [0.1, 0.15) is 5.75 Å². The number of rotatable bonds is 5. The van der Waals surface area contributed by atoms with Crippen molar-refractivity contribution in [2.45, 2.75) is 19.4 Å². The van der Waals surface area contributed by atoms with Crippen LogP contribution in [0.5, 0.6) is 5.75 Å². The van der Waals surface area contributed by atoms with Gasteiger partial charge in [0.25, 0.3) is 0 Å². The zero-order chi connectivity index (χ0) is 13.1. The number of piperazine rings is 1. The van der Waals surface area contributed by atoms with Crippen molar-refractivity contribution in [1.29, 1.82) is 0 Å². The molecule has 0 atom stereocenters. The van der Waals surface area contributed by atoms with E-state index < -0.39 is 0 Å². The molecular weight excluding hydrogens is 304 g/mol. The van der Waals surface area contributed by atoms with Crippen LogP contribution in [0.15, 0.2) is 22.7 Å². The summed E-state index contributed by atoms with van der Waals surface area (Å²) >= 11 is 3.71. The second-order valence-electron chi connectivity index (χ2n) is 5.51. The van der Waals surface area contributed by atoms with Gasteiger partial charge >= 0.3 is 0 Å². The molecule has 19 heavy (non-hydrogen) atoms. The second-order valence-corrected chi connectivity index (χ2v) is 6.30. The molecule has 1 saturated heterocycles. The summed E-state index contributed by atoms with van der Waals surface area (Å²) in [6, 6.07) is 6.36. The van der Waals surface area contributed by atoms with Crippen LogP contribution in [0.4, 0.5) is 0 Å². The zero-order valence-corrected chi connectivity index (χ0v) is 12.8. The molecule has 0 amide bonds. The van der Waals surface area contributed by atoms with Gasteiger partial charge in [0.15, 0.2) is 0 Å². The van der Waals surface area contributed by atoms with E-state index in [-0.39, 0.29) is 0 Å². The Bertz CT molecular complexity index is 428. The van der Waals surface area contributed by atoms with E-state index in [2.05, 4.69) is 44.3 Å². The highest BCUT2D eigenvalue weighted by atomic mass is 79.9. The van der Waals surface area contributed by atoms with Gasteiger partial charge in [-0.25, -0.2) is 0 Å². The first-order chi connectivity index (χ1) is 9.33. The van der Waals surface area contributed by atoms with Crippen LogP contribution in [0.25, 0.3) is 0 Å². The third-order valence-electron chi connectivity index (χ3n) is 3.82. The summed E-state index contributed by atoms with van der Waals surface area (Å²) in [6.45, 7) is 6.31. The molecule has 1 heterocycles. The fourth-order valence-electron chi connectivity index (χ4n) is 2.39. The molecule has 4 heteroatoms. The van der Waals surface area contributed by atoms with Crippen molar-refractivity contribution >= 4 is 15.9 Å². The van der Waals surface area contributed by atoms with Crippen molar-refractivity contribution in [3.63, 3.8) is 0 Å². The number of hydrogen-bond donors (Lipinski definition) is 1. The van der Waals surface area contributed by atoms with Gasteiger partial charge in [0, 0.05) is 32.7 Å². The lowest BCUT2D eigenvalue weighted by molar-refractivity contribution is 0.232. The highest BCUT2D eigenvalue weighted by Gasteiger charge is 2.22. The van der Waals surface area contributed by atoms with Crippen LogP contribution in [-0.4, -0.2) is 37.7 Å². The van der Waals surface area contributed by atoms with E-state index >= 15 is 0 Å². The highest BCUT2D eigenvalue weighted by Crippen LogP contribution is 2.33. The lowest BCUT2D eigenvalue weighted by Crippen LogP contribution is -2.42. The minimum absolute atomic E-state index is 0.795. The summed E-state index contributed by atoms with van der Waals surface area (Å²) in [4.78, 5) is 2.49. The number of hydrogen-bond acceptors (Lipinski definition) is 3. The van der Waals surface area contributed by atoms with Crippen molar-refractivity contribution in [3.05, 3.63) is 28.2 Å². The monoisotopic (exact) mass is 324 g/mol. The fraction of sp³-hybridized carbons (Fsp3) is 0.600. The Morgan fingerprint density at radius 3 is 2.79 bits per heavy atom.